The molecule has 0 radical (unpaired) electrons. The van der Waals surface area contributed by atoms with Crippen LogP contribution in [-0.2, 0) is 4.74 Å². The first-order valence-electron chi connectivity index (χ1n) is 15.6. The van der Waals surface area contributed by atoms with Gasteiger partial charge < -0.3 is 30.1 Å². The Morgan fingerprint density at radius 2 is 1.89 bits per heavy atom. The lowest BCUT2D eigenvalue weighted by Gasteiger charge is -2.34. The summed E-state index contributed by atoms with van der Waals surface area (Å²) >= 11 is 0. The van der Waals surface area contributed by atoms with Gasteiger partial charge in [0, 0.05) is 54.5 Å². The van der Waals surface area contributed by atoms with E-state index in [1.807, 2.05) is 84.0 Å². The summed E-state index contributed by atoms with van der Waals surface area (Å²) in [4.78, 5) is 28.3. The summed E-state index contributed by atoms with van der Waals surface area (Å²) in [5.74, 6) is 1.76. The van der Waals surface area contributed by atoms with E-state index in [1.54, 1.807) is 17.3 Å². The van der Waals surface area contributed by atoms with Crippen molar-refractivity contribution in [3.05, 3.63) is 66.5 Å². The number of aliphatic hydroxyl groups is 1. The molecule has 10 nitrogen and oxygen atoms in total. The van der Waals surface area contributed by atoms with Crippen LogP contribution in [-0.4, -0.2) is 68.4 Å². The van der Waals surface area contributed by atoms with E-state index in [4.69, 9.17) is 14.5 Å². The van der Waals surface area contributed by atoms with Gasteiger partial charge in [-0.1, -0.05) is 38.1 Å². The monoisotopic (exact) mass is 612 g/mol. The highest BCUT2D eigenvalue weighted by Crippen LogP contribution is 2.38. The smallest absolute Gasteiger partial charge is 0.410 e. The lowest BCUT2D eigenvalue weighted by Crippen LogP contribution is -2.47. The summed E-state index contributed by atoms with van der Waals surface area (Å²) in [5, 5.41) is 19.1. The Hall–Kier alpha value is -4.44. The lowest BCUT2D eigenvalue weighted by molar-refractivity contribution is 0.0206. The van der Waals surface area contributed by atoms with Gasteiger partial charge in [0.15, 0.2) is 0 Å². The fraction of sp³-hybridized carbons (Fsp3) is 0.429. The number of hydrogen-bond acceptors (Lipinski definition) is 9. The number of hydrogen-bond donors (Lipinski definition) is 3. The summed E-state index contributed by atoms with van der Waals surface area (Å²) in [6.45, 7) is 13.3. The van der Waals surface area contributed by atoms with Crippen LogP contribution in [0.15, 0.2) is 60.9 Å². The van der Waals surface area contributed by atoms with Crippen molar-refractivity contribution >= 4 is 28.5 Å². The molecule has 0 aliphatic carbocycles. The topological polar surface area (TPSA) is 122 Å². The number of aromatic nitrogens is 3. The van der Waals surface area contributed by atoms with Gasteiger partial charge in [-0.2, -0.15) is 0 Å². The van der Waals surface area contributed by atoms with Gasteiger partial charge in [-0.05, 0) is 76.3 Å². The fourth-order valence-corrected chi connectivity index (χ4v) is 5.29. The molecule has 0 spiro atoms. The minimum absolute atomic E-state index is 0.00562. The molecule has 1 aliphatic heterocycles. The maximum atomic E-state index is 12.7. The molecule has 2 atom stereocenters. The van der Waals surface area contributed by atoms with Gasteiger partial charge in [0.2, 0.25) is 11.8 Å². The van der Waals surface area contributed by atoms with E-state index in [0.29, 0.717) is 42.9 Å². The molecule has 0 saturated carbocycles. The highest BCUT2D eigenvalue weighted by Gasteiger charge is 2.28. The van der Waals surface area contributed by atoms with Gasteiger partial charge in [0.25, 0.3) is 0 Å². The van der Waals surface area contributed by atoms with Crippen LogP contribution in [0.5, 0.6) is 11.6 Å². The highest BCUT2D eigenvalue weighted by molar-refractivity contribution is 5.98. The van der Waals surface area contributed by atoms with Crippen molar-refractivity contribution < 1.29 is 19.4 Å². The third-order valence-corrected chi connectivity index (χ3v) is 7.79. The van der Waals surface area contributed by atoms with Crippen LogP contribution in [0.25, 0.3) is 22.0 Å². The summed E-state index contributed by atoms with van der Waals surface area (Å²) in [7, 11) is 0. The zero-order valence-corrected chi connectivity index (χ0v) is 27.0. The highest BCUT2D eigenvalue weighted by atomic mass is 16.6. The van der Waals surface area contributed by atoms with Crippen molar-refractivity contribution in [2.24, 2.45) is 5.92 Å². The Labute approximate surface area is 265 Å². The SMILES string of the molecule is Cc1ccc2c(NC[C@@H](O)C(C)C)cccc2c1Oc1ncccc1-c1ccnc(NC2CCCN(C(=O)OC(C)(C)C)C2)n1. The van der Waals surface area contributed by atoms with E-state index in [0.717, 1.165) is 40.4 Å². The first kappa shape index (κ1) is 32.0. The fourth-order valence-electron chi connectivity index (χ4n) is 5.29. The van der Waals surface area contributed by atoms with Crippen LogP contribution < -0.4 is 15.4 Å². The standard InChI is InChI=1S/C35H44N6O4/c1-22(2)30(42)20-38-28-13-7-11-26-25(28)15-14-23(3)31(26)44-32-27(12-8-17-36-32)29-16-18-37-33(40-29)39-24-10-9-19-41(21-24)34(43)45-35(4,5)6/h7-8,11-18,22,24,30,38,42H,9-10,19-21H2,1-6H3,(H,37,39,40)/t24?,30-/m1/s1. The molecule has 1 aliphatic rings. The second-order valence-electron chi connectivity index (χ2n) is 12.9. The van der Waals surface area contributed by atoms with E-state index in [1.165, 1.54) is 0 Å². The molecule has 2 aromatic heterocycles. The number of ether oxygens (including phenoxy) is 2. The van der Waals surface area contributed by atoms with E-state index in [2.05, 4.69) is 26.7 Å². The van der Waals surface area contributed by atoms with Crippen LogP contribution in [0.2, 0.25) is 0 Å². The van der Waals surface area contributed by atoms with Gasteiger partial charge in [-0.3, -0.25) is 0 Å². The average molecular weight is 613 g/mol. The summed E-state index contributed by atoms with van der Waals surface area (Å²) < 4.78 is 12.1. The number of anilines is 2. The third-order valence-electron chi connectivity index (χ3n) is 7.79. The number of amides is 1. The molecule has 2 aromatic carbocycles. The number of piperidine rings is 1. The Kier molecular flexibility index (Phi) is 9.72. The van der Waals surface area contributed by atoms with Crippen molar-refractivity contribution in [1.29, 1.82) is 0 Å². The predicted molar refractivity (Wildman–Crippen MR) is 178 cm³/mol. The van der Waals surface area contributed by atoms with Gasteiger partial charge in [-0.15, -0.1) is 0 Å². The molecule has 5 rings (SSSR count). The van der Waals surface area contributed by atoms with Crippen LogP contribution in [0.1, 0.15) is 53.0 Å². The predicted octanol–water partition coefficient (Wildman–Crippen LogP) is 7.03. The van der Waals surface area contributed by atoms with Crippen LogP contribution in [0, 0.1) is 12.8 Å². The number of fused-ring (bicyclic) bond motifs is 1. The summed E-state index contributed by atoms with van der Waals surface area (Å²) in [6.07, 6.45) is 4.40. The molecule has 4 aromatic rings. The first-order valence-corrected chi connectivity index (χ1v) is 15.6. The molecule has 0 bridgehead atoms. The molecule has 3 heterocycles. The lowest BCUT2D eigenvalue weighted by atomic mass is 10.0. The maximum absolute atomic E-state index is 12.7. The van der Waals surface area contributed by atoms with E-state index < -0.39 is 11.7 Å². The molecule has 1 fully saturated rings. The van der Waals surface area contributed by atoms with Crippen molar-refractivity contribution in [3.8, 4) is 22.9 Å². The Morgan fingerprint density at radius 3 is 2.67 bits per heavy atom. The number of likely N-dealkylation sites (tertiary alicyclic amines) is 1. The molecule has 3 N–H and O–H groups in total. The number of rotatable bonds is 9. The quantitative estimate of drug-likeness (QED) is 0.183. The van der Waals surface area contributed by atoms with Gasteiger partial charge in [0.1, 0.15) is 11.4 Å². The van der Waals surface area contributed by atoms with Gasteiger partial charge in [-0.25, -0.2) is 19.7 Å². The normalized spacial score (nSPS) is 16.0. The minimum atomic E-state index is -0.542. The second kappa shape index (κ2) is 13.7. The van der Waals surface area contributed by atoms with Crippen molar-refractivity contribution in [1.82, 2.24) is 19.9 Å². The number of carbonyl (C=O) groups is 1. The van der Waals surface area contributed by atoms with Gasteiger partial charge in [0.05, 0.1) is 17.4 Å². The zero-order chi connectivity index (χ0) is 32.1. The Balaban J connectivity index is 1.37. The first-order chi connectivity index (χ1) is 21.5. The molecular formula is C35H44N6O4. The van der Waals surface area contributed by atoms with E-state index in [9.17, 15) is 9.90 Å². The number of benzene rings is 2. The number of carbonyl (C=O) groups excluding carboxylic acids is 1. The Morgan fingerprint density at radius 1 is 1.07 bits per heavy atom. The van der Waals surface area contributed by atoms with Gasteiger partial charge >= 0.3 is 6.09 Å². The number of pyridine rings is 1. The molecule has 238 valence electrons. The number of aliphatic hydroxyl groups excluding tert-OH is 1. The zero-order valence-electron chi connectivity index (χ0n) is 27.0. The van der Waals surface area contributed by atoms with Crippen molar-refractivity contribution in [2.45, 2.75) is 72.1 Å². The molecule has 10 heteroatoms. The number of nitrogens with zero attached hydrogens (tertiary/aromatic N) is 4. The van der Waals surface area contributed by atoms with Crippen molar-refractivity contribution in [3.63, 3.8) is 0 Å². The molecular weight excluding hydrogens is 568 g/mol. The van der Waals surface area contributed by atoms with Crippen LogP contribution >= 0.6 is 0 Å². The summed E-state index contributed by atoms with van der Waals surface area (Å²) in [6, 6.07) is 15.7. The molecule has 1 amide bonds. The van der Waals surface area contributed by atoms with Crippen LogP contribution in [0.3, 0.4) is 0 Å². The van der Waals surface area contributed by atoms with Crippen molar-refractivity contribution in [2.75, 3.05) is 30.3 Å². The summed E-state index contributed by atoms with van der Waals surface area (Å²) in [5.41, 5.74) is 2.75. The van der Waals surface area contributed by atoms with Crippen LogP contribution in [0.4, 0.5) is 16.4 Å². The molecule has 1 unspecified atom stereocenters. The van der Waals surface area contributed by atoms with E-state index in [-0.39, 0.29) is 18.1 Å². The largest absolute Gasteiger partial charge is 0.444 e. The minimum Gasteiger partial charge on any atom is -0.444 e. The Bertz CT molecular complexity index is 1640. The second-order valence-corrected chi connectivity index (χ2v) is 12.9. The number of aryl methyl sites for hydroxylation is 1. The molecule has 1 saturated heterocycles. The molecule has 45 heavy (non-hydrogen) atoms. The van der Waals surface area contributed by atoms with E-state index >= 15 is 0 Å². The average Bonchev–Trinajstić information content (AvgIpc) is 3.00. The third kappa shape index (κ3) is 7.99. The number of nitrogens with one attached hydrogen (secondary N) is 2. The maximum Gasteiger partial charge on any atom is 0.410 e.